The number of carbonyl (C=O) groups is 3. The summed E-state index contributed by atoms with van der Waals surface area (Å²) in [6.07, 6.45) is 10.5. The molecule has 1 amide bonds. The average Bonchev–Trinajstić information content (AvgIpc) is 4.24. The first-order chi connectivity index (χ1) is 32.4. The van der Waals surface area contributed by atoms with E-state index in [1.165, 1.54) is 11.8 Å². The van der Waals surface area contributed by atoms with Gasteiger partial charge in [0.15, 0.2) is 5.65 Å². The van der Waals surface area contributed by atoms with Gasteiger partial charge in [-0.3, -0.25) is 24.9 Å². The normalized spacial score (nSPS) is 15.0. The van der Waals surface area contributed by atoms with E-state index in [0.29, 0.717) is 77.7 Å². The Morgan fingerprint density at radius 3 is 1.81 bits per heavy atom. The highest BCUT2D eigenvalue weighted by molar-refractivity contribution is 7.90. The molecule has 350 valence electrons. The Kier molecular flexibility index (Phi) is 13.2. The van der Waals surface area contributed by atoms with Crippen LogP contribution in [0.5, 0.6) is 0 Å². The first-order valence-corrected chi connectivity index (χ1v) is 23.2. The van der Waals surface area contributed by atoms with Gasteiger partial charge in [-0.25, -0.2) is 12.4 Å². The van der Waals surface area contributed by atoms with Gasteiger partial charge in [0.2, 0.25) is 11.9 Å². The number of hydrogen-bond donors (Lipinski definition) is 8. The summed E-state index contributed by atoms with van der Waals surface area (Å²) in [4.78, 5) is 56.6. The Bertz CT molecular complexity index is 3260. The van der Waals surface area contributed by atoms with Crippen molar-refractivity contribution in [1.29, 1.82) is 5.26 Å². The van der Waals surface area contributed by atoms with Crippen LogP contribution in [0.3, 0.4) is 0 Å². The SMILES string of the molecule is C.Cc1ccc(S(=O)(=O)n2cc(C#N)c3c(NC4CC4)nc(Nc4ccc5c(c4)CCC(=O)C5)nc32)cc1.NC(=O)c1c[nH]c2nc(Nc3ccc4c(c3)CCC(=O)C4)nc(NC3CC3)c12.OO. The van der Waals surface area contributed by atoms with E-state index in [0.717, 1.165) is 69.7 Å². The second kappa shape index (κ2) is 19.2. The third-order valence-electron chi connectivity index (χ3n) is 12.0. The molecule has 0 atom stereocenters. The number of Topliss-reactive ketones (excluding diaryl/α,β-unsaturated/α-hetero) is 2. The van der Waals surface area contributed by atoms with E-state index in [-0.39, 0.29) is 47.1 Å². The number of nitrogens with zero attached hydrogens (tertiary/aromatic N) is 6. The van der Waals surface area contributed by atoms with E-state index < -0.39 is 15.9 Å². The summed E-state index contributed by atoms with van der Waals surface area (Å²) in [5.41, 5.74) is 13.7. The van der Waals surface area contributed by atoms with Gasteiger partial charge in [0.05, 0.1) is 26.8 Å². The molecule has 7 aromatic rings. The number of aromatic amines is 1. The molecule has 11 rings (SSSR count). The molecule has 2 saturated carbocycles. The van der Waals surface area contributed by atoms with Crippen molar-refractivity contribution in [2.45, 2.75) is 95.5 Å². The molecule has 0 radical (unpaired) electrons. The van der Waals surface area contributed by atoms with Crippen molar-refractivity contribution < 1.29 is 33.3 Å². The standard InChI is InChI=1S/C27H24N6O3S.C20H20N6O2.CH4.H2O2/c1-16-2-10-23(11-3-16)37(35,36)33-15-19(14-28)24-25(29-20-7-8-20)31-27(32-26(24)33)30-21-6-4-18-13-22(34)9-5-17(18)12-21;21-17(28)15-9-22-18-16(15)19(23-12-4-5-12)26-20(25-18)24-13-3-1-11-8-14(27)6-2-10(11)7-13;;1-2/h2-4,6,10-12,15,20H,5,7-9,13H2,1H3,(H2,29,30,31,32);1,3,7,9,12H,2,4-6,8H2,(H2,21,28)(H3,22,23,24,25,26);1H4;1-2H. The van der Waals surface area contributed by atoms with E-state index in [2.05, 4.69) is 52.3 Å². The van der Waals surface area contributed by atoms with Crippen LogP contribution in [-0.2, 0) is 45.3 Å². The van der Waals surface area contributed by atoms with Crippen LogP contribution in [-0.4, -0.2) is 77.4 Å². The van der Waals surface area contributed by atoms with Gasteiger partial charge in [0.1, 0.15) is 34.9 Å². The molecular formula is C48H50N12O7S. The average molecular weight is 939 g/mol. The molecule has 20 heteroatoms. The zero-order chi connectivity index (χ0) is 47.0. The molecule has 4 aliphatic rings. The topological polar surface area (TPSA) is 296 Å². The first-order valence-electron chi connectivity index (χ1n) is 21.8. The van der Waals surface area contributed by atoms with Crippen molar-refractivity contribution in [1.82, 2.24) is 28.9 Å². The molecule has 0 saturated heterocycles. The summed E-state index contributed by atoms with van der Waals surface area (Å²) in [5, 5.41) is 36.0. The number of rotatable bonds is 11. The number of ketones is 2. The summed E-state index contributed by atoms with van der Waals surface area (Å²) >= 11 is 0. The summed E-state index contributed by atoms with van der Waals surface area (Å²) < 4.78 is 28.3. The molecule has 3 aromatic carbocycles. The third-order valence-corrected chi connectivity index (χ3v) is 13.7. The van der Waals surface area contributed by atoms with Crippen molar-refractivity contribution in [2.24, 2.45) is 5.73 Å². The maximum atomic E-state index is 13.6. The van der Waals surface area contributed by atoms with Gasteiger partial charge in [0, 0.05) is 61.5 Å². The third kappa shape index (κ3) is 9.85. The fraction of sp³-hybridized carbons (Fsp3) is 0.292. The predicted molar refractivity (Wildman–Crippen MR) is 257 cm³/mol. The number of primary amides is 1. The quantitative estimate of drug-likeness (QED) is 0.0466. The summed E-state index contributed by atoms with van der Waals surface area (Å²) in [6, 6.07) is 21.0. The second-order valence-electron chi connectivity index (χ2n) is 17.0. The highest BCUT2D eigenvalue weighted by Gasteiger charge is 2.30. The van der Waals surface area contributed by atoms with Crippen molar-refractivity contribution >= 4 is 84.5 Å². The van der Waals surface area contributed by atoms with Crippen molar-refractivity contribution in [3.8, 4) is 6.07 Å². The first kappa shape index (κ1) is 46.8. The van der Waals surface area contributed by atoms with Gasteiger partial charge in [-0.1, -0.05) is 37.3 Å². The molecule has 0 spiro atoms. The minimum Gasteiger partial charge on any atom is -0.367 e. The molecule has 68 heavy (non-hydrogen) atoms. The number of benzene rings is 3. The van der Waals surface area contributed by atoms with Crippen LogP contribution in [0, 0.1) is 18.3 Å². The van der Waals surface area contributed by atoms with E-state index in [1.54, 1.807) is 30.5 Å². The zero-order valence-electron chi connectivity index (χ0n) is 36.3. The molecule has 4 aromatic heterocycles. The van der Waals surface area contributed by atoms with Crippen LogP contribution in [0.4, 0.5) is 34.9 Å². The molecule has 4 aliphatic carbocycles. The van der Waals surface area contributed by atoms with Gasteiger partial charge in [-0.2, -0.15) is 25.2 Å². The molecule has 0 bridgehead atoms. The Balaban J connectivity index is 0.000000181. The fourth-order valence-corrected chi connectivity index (χ4v) is 9.52. The highest BCUT2D eigenvalue weighted by atomic mass is 32.2. The van der Waals surface area contributed by atoms with E-state index >= 15 is 0 Å². The van der Waals surface area contributed by atoms with Gasteiger partial charge >= 0.3 is 0 Å². The maximum Gasteiger partial charge on any atom is 0.269 e. The number of fused-ring (bicyclic) bond motifs is 4. The van der Waals surface area contributed by atoms with Crippen LogP contribution >= 0.6 is 0 Å². The number of aromatic nitrogens is 6. The van der Waals surface area contributed by atoms with Crippen molar-refractivity contribution in [3.05, 3.63) is 112 Å². The number of amides is 1. The number of anilines is 6. The summed E-state index contributed by atoms with van der Waals surface area (Å²) in [6.45, 7) is 1.88. The lowest BCUT2D eigenvalue weighted by molar-refractivity contribution is -0.176. The number of carbonyl (C=O) groups excluding carboxylic acids is 3. The lowest BCUT2D eigenvalue weighted by atomic mass is 9.90. The molecule has 0 aliphatic heterocycles. The number of nitrogens with one attached hydrogen (secondary N) is 5. The minimum absolute atomic E-state index is 0. The molecule has 0 unspecified atom stereocenters. The second-order valence-corrected chi connectivity index (χ2v) is 18.8. The lowest BCUT2D eigenvalue weighted by Gasteiger charge is -2.17. The van der Waals surface area contributed by atoms with Crippen LogP contribution in [0.1, 0.15) is 89.7 Å². The number of nitrogens with two attached hydrogens (primary N) is 1. The monoisotopic (exact) mass is 938 g/mol. The van der Waals surface area contributed by atoms with Crippen molar-refractivity contribution in [2.75, 3.05) is 21.3 Å². The van der Waals surface area contributed by atoms with Crippen LogP contribution in [0.2, 0.25) is 0 Å². The minimum atomic E-state index is -4.02. The molecule has 2 fully saturated rings. The van der Waals surface area contributed by atoms with Crippen LogP contribution < -0.4 is 27.0 Å². The number of aryl methyl sites for hydroxylation is 3. The van der Waals surface area contributed by atoms with Crippen molar-refractivity contribution in [3.63, 3.8) is 0 Å². The predicted octanol–water partition coefficient (Wildman–Crippen LogP) is 7.31. The lowest BCUT2D eigenvalue weighted by Crippen LogP contribution is -2.14. The largest absolute Gasteiger partial charge is 0.367 e. The fourth-order valence-electron chi connectivity index (χ4n) is 8.21. The van der Waals surface area contributed by atoms with Gasteiger partial charge < -0.3 is 32.0 Å². The maximum absolute atomic E-state index is 13.6. The van der Waals surface area contributed by atoms with E-state index in [4.69, 9.17) is 16.2 Å². The van der Waals surface area contributed by atoms with Crippen LogP contribution in [0.25, 0.3) is 22.1 Å². The van der Waals surface area contributed by atoms with Gasteiger partial charge in [-0.15, -0.1) is 0 Å². The molecule has 19 nitrogen and oxygen atoms in total. The summed E-state index contributed by atoms with van der Waals surface area (Å²) in [7, 11) is -4.02. The molecule has 4 heterocycles. The number of nitriles is 1. The molecular weight excluding hydrogens is 889 g/mol. The van der Waals surface area contributed by atoms with E-state index in [9.17, 15) is 28.1 Å². The smallest absolute Gasteiger partial charge is 0.269 e. The summed E-state index contributed by atoms with van der Waals surface area (Å²) in [5.74, 6) is 1.68. The van der Waals surface area contributed by atoms with Gasteiger partial charge in [-0.05, 0) is 104 Å². The Hall–Kier alpha value is -7.73. The Morgan fingerprint density at radius 1 is 0.765 bits per heavy atom. The highest BCUT2D eigenvalue weighted by Crippen LogP contribution is 2.36. The number of H-pyrrole nitrogens is 1. The van der Waals surface area contributed by atoms with E-state index in [1.807, 2.05) is 43.3 Å². The van der Waals surface area contributed by atoms with Crippen LogP contribution in [0.15, 0.2) is 78.0 Å². The Morgan fingerprint density at radius 2 is 1.29 bits per heavy atom. The zero-order valence-corrected chi connectivity index (χ0v) is 37.1. The molecule has 9 N–H and O–H groups in total. The van der Waals surface area contributed by atoms with Gasteiger partial charge in [0.25, 0.3) is 15.9 Å². The Labute approximate surface area is 391 Å². The number of hydrogen-bond acceptors (Lipinski definition) is 16.